The van der Waals surface area contributed by atoms with Crippen LogP contribution in [0.1, 0.15) is 26.2 Å². The lowest BCUT2D eigenvalue weighted by Crippen LogP contribution is -2.44. The predicted molar refractivity (Wildman–Crippen MR) is 55.7 cm³/mol. The van der Waals surface area contributed by atoms with Crippen LogP contribution in [0.2, 0.25) is 0 Å². The molecular weight excluding hydrogens is 202 g/mol. The molecule has 0 amide bonds. The second-order valence-electron chi connectivity index (χ2n) is 3.54. The highest BCUT2D eigenvalue weighted by Crippen LogP contribution is 2.21. The summed E-state index contributed by atoms with van der Waals surface area (Å²) in [6.07, 6.45) is 2.08. The molecule has 0 aromatic carbocycles. The molecule has 14 heavy (non-hydrogen) atoms. The van der Waals surface area contributed by atoms with Gasteiger partial charge in [-0.25, -0.2) is 8.42 Å². The van der Waals surface area contributed by atoms with E-state index in [0.29, 0.717) is 19.4 Å². The Labute approximate surface area is 84.8 Å². The Morgan fingerprint density at radius 2 is 2.29 bits per heavy atom. The molecule has 1 saturated heterocycles. The Kier molecular flexibility index (Phi) is 3.49. The van der Waals surface area contributed by atoms with Crippen molar-refractivity contribution in [1.82, 2.24) is 4.31 Å². The van der Waals surface area contributed by atoms with Gasteiger partial charge in [0.25, 0.3) is 0 Å². The van der Waals surface area contributed by atoms with Crippen molar-refractivity contribution in [2.24, 2.45) is 5.73 Å². The summed E-state index contributed by atoms with van der Waals surface area (Å²) in [7, 11) is -3.19. The third kappa shape index (κ3) is 2.24. The van der Waals surface area contributed by atoms with Crippen LogP contribution in [0.3, 0.4) is 0 Å². The van der Waals surface area contributed by atoms with Crippen LogP contribution >= 0.6 is 0 Å². The molecule has 1 atom stereocenters. The van der Waals surface area contributed by atoms with Crippen molar-refractivity contribution in [2.45, 2.75) is 32.2 Å². The topological polar surface area (TPSA) is 87.2 Å². The number of amidine groups is 1. The van der Waals surface area contributed by atoms with Crippen LogP contribution in [-0.4, -0.2) is 36.9 Å². The summed E-state index contributed by atoms with van der Waals surface area (Å²) in [5.41, 5.74) is 5.36. The summed E-state index contributed by atoms with van der Waals surface area (Å²) in [5.74, 6) is 0.110. The number of rotatable bonds is 4. The maximum atomic E-state index is 11.7. The predicted octanol–water partition coefficient (Wildman–Crippen LogP) is 0.127. The van der Waals surface area contributed by atoms with E-state index in [4.69, 9.17) is 11.1 Å². The van der Waals surface area contributed by atoms with Crippen LogP contribution in [0.25, 0.3) is 0 Å². The van der Waals surface area contributed by atoms with Crippen LogP contribution in [-0.2, 0) is 10.0 Å². The van der Waals surface area contributed by atoms with E-state index in [1.54, 1.807) is 0 Å². The third-order valence-electron chi connectivity index (χ3n) is 2.38. The molecule has 3 N–H and O–H groups in total. The molecule has 1 heterocycles. The molecule has 0 bridgehead atoms. The summed E-state index contributed by atoms with van der Waals surface area (Å²) >= 11 is 0. The van der Waals surface area contributed by atoms with E-state index in [-0.39, 0.29) is 11.6 Å². The molecule has 1 unspecified atom stereocenters. The van der Waals surface area contributed by atoms with E-state index in [1.165, 1.54) is 4.31 Å². The lowest BCUT2D eigenvalue weighted by molar-refractivity contribution is 0.442. The van der Waals surface area contributed by atoms with Crippen LogP contribution in [0.4, 0.5) is 0 Å². The molecule has 5 nitrogen and oxygen atoms in total. The minimum atomic E-state index is -3.19. The van der Waals surface area contributed by atoms with Gasteiger partial charge in [-0.15, -0.1) is 0 Å². The van der Waals surface area contributed by atoms with Gasteiger partial charge in [-0.3, -0.25) is 5.41 Å². The zero-order valence-corrected chi connectivity index (χ0v) is 9.18. The smallest absolute Gasteiger partial charge is 0.214 e. The van der Waals surface area contributed by atoms with Gasteiger partial charge < -0.3 is 5.73 Å². The molecule has 1 rings (SSSR count). The van der Waals surface area contributed by atoms with Gasteiger partial charge in [-0.05, 0) is 19.3 Å². The normalized spacial score (nSPS) is 23.9. The molecule has 1 aliphatic heterocycles. The standard InChI is InChI=1S/C8H17N3O2S/c1-2-6-14(12,13)11-5-3-4-7(11)8(9)10/h7H,2-6H2,1H3,(H3,9,10). The number of nitrogens with one attached hydrogen (secondary N) is 1. The monoisotopic (exact) mass is 219 g/mol. The molecule has 0 saturated carbocycles. The van der Waals surface area contributed by atoms with Crippen molar-refractivity contribution in [1.29, 1.82) is 5.41 Å². The maximum absolute atomic E-state index is 11.7. The first-order valence-electron chi connectivity index (χ1n) is 4.82. The highest BCUT2D eigenvalue weighted by atomic mass is 32.2. The van der Waals surface area contributed by atoms with Gasteiger partial charge in [0.05, 0.1) is 11.8 Å². The summed E-state index contributed by atoms with van der Waals surface area (Å²) in [6.45, 7) is 2.34. The van der Waals surface area contributed by atoms with E-state index in [2.05, 4.69) is 0 Å². The Bertz CT molecular complexity index is 313. The van der Waals surface area contributed by atoms with Crippen LogP contribution < -0.4 is 5.73 Å². The minimum absolute atomic E-state index is 0.0396. The first kappa shape index (κ1) is 11.5. The minimum Gasteiger partial charge on any atom is -0.386 e. The lowest BCUT2D eigenvalue weighted by atomic mass is 10.2. The van der Waals surface area contributed by atoms with Gasteiger partial charge >= 0.3 is 0 Å². The molecular formula is C8H17N3O2S. The second kappa shape index (κ2) is 4.27. The van der Waals surface area contributed by atoms with Gasteiger partial charge in [0.2, 0.25) is 10.0 Å². The van der Waals surface area contributed by atoms with Gasteiger partial charge in [0.1, 0.15) is 5.84 Å². The van der Waals surface area contributed by atoms with Gasteiger partial charge in [0.15, 0.2) is 0 Å². The van der Waals surface area contributed by atoms with Crippen molar-refractivity contribution < 1.29 is 8.42 Å². The number of nitrogens with two attached hydrogens (primary N) is 1. The van der Waals surface area contributed by atoms with Gasteiger partial charge in [0, 0.05) is 6.54 Å². The largest absolute Gasteiger partial charge is 0.386 e. The van der Waals surface area contributed by atoms with Crippen LogP contribution in [0.5, 0.6) is 0 Å². The van der Waals surface area contributed by atoms with Crippen molar-refractivity contribution in [3.8, 4) is 0 Å². The molecule has 0 spiro atoms. The second-order valence-corrected chi connectivity index (χ2v) is 5.58. The Balaban J connectivity index is 2.81. The summed E-state index contributed by atoms with van der Waals surface area (Å²) in [6, 6.07) is -0.397. The van der Waals surface area contributed by atoms with Crippen molar-refractivity contribution in [3.05, 3.63) is 0 Å². The zero-order valence-electron chi connectivity index (χ0n) is 8.36. The van der Waals surface area contributed by atoms with E-state index in [1.807, 2.05) is 6.92 Å². The SMILES string of the molecule is CCCS(=O)(=O)N1CCCC1C(=N)N. The first-order chi connectivity index (χ1) is 6.49. The maximum Gasteiger partial charge on any atom is 0.214 e. The van der Waals surface area contributed by atoms with Gasteiger partial charge in [-0.2, -0.15) is 4.31 Å². The van der Waals surface area contributed by atoms with Gasteiger partial charge in [-0.1, -0.05) is 6.92 Å². The van der Waals surface area contributed by atoms with E-state index in [0.717, 1.165) is 6.42 Å². The molecule has 0 aliphatic carbocycles. The quantitative estimate of drug-likeness (QED) is 0.520. The highest BCUT2D eigenvalue weighted by Gasteiger charge is 2.35. The summed E-state index contributed by atoms with van der Waals surface area (Å²) < 4.78 is 24.8. The molecule has 0 aromatic rings. The highest BCUT2D eigenvalue weighted by molar-refractivity contribution is 7.89. The van der Waals surface area contributed by atoms with E-state index in [9.17, 15) is 8.42 Å². The van der Waals surface area contributed by atoms with E-state index >= 15 is 0 Å². The molecule has 0 aromatic heterocycles. The third-order valence-corrected chi connectivity index (χ3v) is 4.46. The lowest BCUT2D eigenvalue weighted by Gasteiger charge is -2.22. The Hall–Kier alpha value is -0.620. The molecule has 1 aliphatic rings. The number of nitrogens with zero attached hydrogens (tertiary/aromatic N) is 1. The van der Waals surface area contributed by atoms with Crippen molar-refractivity contribution in [2.75, 3.05) is 12.3 Å². The molecule has 1 fully saturated rings. The Morgan fingerprint density at radius 3 is 2.79 bits per heavy atom. The first-order valence-corrected chi connectivity index (χ1v) is 6.43. The number of sulfonamides is 1. The fourth-order valence-electron chi connectivity index (χ4n) is 1.76. The molecule has 0 radical (unpaired) electrons. The fourth-order valence-corrected chi connectivity index (χ4v) is 3.52. The Morgan fingerprint density at radius 1 is 1.64 bits per heavy atom. The number of hydrogen-bond donors (Lipinski definition) is 2. The van der Waals surface area contributed by atoms with Crippen LogP contribution in [0.15, 0.2) is 0 Å². The molecule has 82 valence electrons. The number of hydrogen-bond acceptors (Lipinski definition) is 3. The fraction of sp³-hybridized carbons (Fsp3) is 0.875. The van der Waals surface area contributed by atoms with Crippen molar-refractivity contribution >= 4 is 15.9 Å². The molecule has 6 heteroatoms. The van der Waals surface area contributed by atoms with Crippen LogP contribution in [0, 0.1) is 5.41 Å². The average molecular weight is 219 g/mol. The average Bonchev–Trinajstić information content (AvgIpc) is 2.51. The summed E-state index contributed by atoms with van der Waals surface area (Å²) in [4.78, 5) is 0. The summed E-state index contributed by atoms with van der Waals surface area (Å²) in [5, 5.41) is 7.31. The van der Waals surface area contributed by atoms with Crippen molar-refractivity contribution in [3.63, 3.8) is 0 Å². The van der Waals surface area contributed by atoms with E-state index < -0.39 is 16.1 Å². The zero-order chi connectivity index (χ0) is 10.8.